The lowest BCUT2D eigenvalue weighted by atomic mass is 9.95. The first-order valence-corrected chi connectivity index (χ1v) is 5.82. The highest BCUT2D eigenvalue weighted by atomic mass is 16.3. The van der Waals surface area contributed by atoms with Crippen molar-refractivity contribution in [2.24, 2.45) is 5.92 Å². The summed E-state index contributed by atoms with van der Waals surface area (Å²) in [6.07, 6.45) is 6.87. The number of pyridine rings is 1. The fourth-order valence-corrected chi connectivity index (χ4v) is 2.25. The van der Waals surface area contributed by atoms with E-state index in [9.17, 15) is 0 Å². The number of nitrogens with zero attached hydrogens (tertiary/aromatic N) is 2. The molecule has 0 amide bonds. The van der Waals surface area contributed by atoms with Crippen LogP contribution in [0.1, 0.15) is 18.7 Å². The molecule has 0 saturated carbocycles. The van der Waals surface area contributed by atoms with E-state index < -0.39 is 0 Å². The van der Waals surface area contributed by atoms with Crippen molar-refractivity contribution in [2.75, 3.05) is 13.1 Å². The van der Waals surface area contributed by atoms with E-state index in [2.05, 4.69) is 15.3 Å². The number of hydrogen-bond acceptors (Lipinski definition) is 4. The number of fused-ring (bicyclic) bond motifs is 1. The molecule has 0 atom stereocenters. The van der Waals surface area contributed by atoms with Gasteiger partial charge in [0.05, 0.1) is 6.20 Å². The van der Waals surface area contributed by atoms with Crippen molar-refractivity contribution in [3.63, 3.8) is 0 Å². The Morgan fingerprint density at radius 2 is 2.25 bits per heavy atom. The molecular formula is C12H15N3O. The molecule has 1 saturated heterocycles. The van der Waals surface area contributed by atoms with Crippen LogP contribution in [0, 0.1) is 5.92 Å². The van der Waals surface area contributed by atoms with Crippen LogP contribution < -0.4 is 5.32 Å². The predicted molar refractivity (Wildman–Crippen MR) is 61.1 cm³/mol. The molecule has 2 aromatic heterocycles. The molecule has 0 spiro atoms. The van der Waals surface area contributed by atoms with Crippen molar-refractivity contribution >= 4 is 11.1 Å². The molecule has 16 heavy (non-hydrogen) atoms. The quantitative estimate of drug-likeness (QED) is 0.832. The minimum atomic E-state index is 0.710. The van der Waals surface area contributed by atoms with E-state index in [-0.39, 0.29) is 0 Å². The topological polar surface area (TPSA) is 51.0 Å². The summed E-state index contributed by atoms with van der Waals surface area (Å²) in [6, 6.07) is 1.89. The lowest BCUT2D eigenvalue weighted by molar-refractivity contribution is 0.346. The van der Waals surface area contributed by atoms with Gasteiger partial charge in [-0.15, -0.1) is 0 Å². The molecule has 0 aromatic carbocycles. The van der Waals surface area contributed by atoms with Crippen LogP contribution in [0.3, 0.4) is 0 Å². The normalized spacial score (nSPS) is 18.0. The molecule has 1 fully saturated rings. The van der Waals surface area contributed by atoms with Crippen LogP contribution >= 0.6 is 0 Å². The Morgan fingerprint density at radius 1 is 1.38 bits per heavy atom. The van der Waals surface area contributed by atoms with Crippen molar-refractivity contribution in [3.8, 4) is 0 Å². The highest BCUT2D eigenvalue weighted by Crippen LogP contribution is 2.20. The second kappa shape index (κ2) is 4.22. The molecule has 0 aliphatic carbocycles. The summed E-state index contributed by atoms with van der Waals surface area (Å²) in [7, 11) is 0. The van der Waals surface area contributed by atoms with Gasteiger partial charge in [0.1, 0.15) is 5.52 Å². The van der Waals surface area contributed by atoms with E-state index in [1.165, 1.54) is 12.8 Å². The number of aromatic nitrogens is 2. The molecule has 1 aliphatic heterocycles. The van der Waals surface area contributed by atoms with E-state index in [1.54, 1.807) is 12.4 Å². The Bertz CT molecular complexity index is 441. The van der Waals surface area contributed by atoms with Crippen molar-refractivity contribution in [1.29, 1.82) is 0 Å². The van der Waals surface area contributed by atoms with Gasteiger partial charge in [-0.3, -0.25) is 4.98 Å². The summed E-state index contributed by atoms with van der Waals surface area (Å²) in [4.78, 5) is 8.51. The largest absolute Gasteiger partial charge is 0.439 e. The minimum Gasteiger partial charge on any atom is -0.439 e. The Morgan fingerprint density at radius 3 is 3.06 bits per heavy atom. The highest BCUT2D eigenvalue weighted by Gasteiger charge is 2.16. The molecule has 1 aliphatic rings. The smallest absolute Gasteiger partial charge is 0.195 e. The molecule has 2 aromatic rings. The van der Waals surface area contributed by atoms with Crippen molar-refractivity contribution in [1.82, 2.24) is 15.3 Å². The zero-order chi connectivity index (χ0) is 10.8. The van der Waals surface area contributed by atoms with Crippen LogP contribution in [-0.2, 0) is 6.42 Å². The van der Waals surface area contributed by atoms with E-state index in [4.69, 9.17) is 4.42 Å². The van der Waals surface area contributed by atoms with Crippen LogP contribution in [0.5, 0.6) is 0 Å². The third-order valence-corrected chi connectivity index (χ3v) is 3.16. The van der Waals surface area contributed by atoms with Gasteiger partial charge in [0.2, 0.25) is 0 Å². The number of oxazole rings is 1. The van der Waals surface area contributed by atoms with Crippen LogP contribution in [0.15, 0.2) is 22.9 Å². The number of piperidine rings is 1. The standard InChI is InChI=1S/C12H15N3O/c1-4-13-5-2-9(1)7-12-15-10-3-6-14-8-11(10)16-12/h3,6,8-9,13H,1-2,4-5,7H2. The first-order valence-electron chi connectivity index (χ1n) is 5.82. The molecule has 3 heterocycles. The molecule has 0 bridgehead atoms. The lowest BCUT2D eigenvalue weighted by Crippen LogP contribution is -2.28. The third-order valence-electron chi connectivity index (χ3n) is 3.16. The summed E-state index contributed by atoms with van der Waals surface area (Å²) in [5, 5.41) is 3.37. The maximum absolute atomic E-state index is 5.68. The molecular weight excluding hydrogens is 202 g/mol. The number of nitrogens with one attached hydrogen (secondary N) is 1. The fourth-order valence-electron chi connectivity index (χ4n) is 2.25. The molecule has 0 radical (unpaired) electrons. The van der Waals surface area contributed by atoms with E-state index in [0.717, 1.165) is 36.5 Å². The summed E-state index contributed by atoms with van der Waals surface area (Å²) in [6.45, 7) is 2.24. The molecule has 84 valence electrons. The van der Waals surface area contributed by atoms with Crippen molar-refractivity contribution < 1.29 is 4.42 Å². The zero-order valence-electron chi connectivity index (χ0n) is 9.15. The van der Waals surface area contributed by atoms with Crippen molar-refractivity contribution in [2.45, 2.75) is 19.3 Å². The van der Waals surface area contributed by atoms with Crippen LogP contribution in [0.2, 0.25) is 0 Å². The molecule has 1 N–H and O–H groups in total. The van der Waals surface area contributed by atoms with Gasteiger partial charge in [-0.25, -0.2) is 4.98 Å². The van der Waals surface area contributed by atoms with Crippen LogP contribution in [0.25, 0.3) is 11.1 Å². The zero-order valence-corrected chi connectivity index (χ0v) is 9.15. The Balaban J connectivity index is 1.78. The van der Waals surface area contributed by atoms with E-state index in [1.807, 2.05) is 6.07 Å². The third kappa shape index (κ3) is 1.93. The van der Waals surface area contributed by atoms with Gasteiger partial charge in [0.15, 0.2) is 11.5 Å². The van der Waals surface area contributed by atoms with Gasteiger partial charge in [-0.05, 0) is 37.9 Å². The van der Waals surface area contributed by atoms with Gasteiger partial charge >= 0.3 is 0 Å². The first-order chi connectivity index (χ1) is 7.92. The van der Waals surface area contributed by atoms with E-state index >= 15 is 0 Å². The highest BCUT2D eigenvalue weighted by molar-refractivity contribution is 5.70. The van der Waals surface area contributed by atoms with Gasteiger partial charge < -0.3 is 9.73 Å². The number of rotatable bonds is 2. The SMILES string of the molecule is c1cc2nc(CC3CCNCC3)oc2cn1. The molecule has 4 nitrogen and oxygen atoms in total. The average molecular weight is 217 g/mol. The first kappa shape index (κ1) is 9.78. The van der Waals surface area contributed by atoms with Gasteiger partial charge in [-0.2, -0.15) is 0 Å². The summed E-state index contributed by atoms with van der Waals surface area (Å²) >= 11 is 0. The number of hydrogen-bond donors (Lipinski definition) is 1. The average Bonchev–Trinajstić information content (AvgIpc) is 2.72. The second-order valence-electron chi connectivity index (χ2n) is 4.35. The van der Waals surface area contributed by atoms with Crippen LogP contribution in [0.4, 0.5) is 0 Å². The Labute approximate surface area is 94.1 Å². The van der Waals surface area contributed by atoms with Gasteiger partial charge in [-0.1, -0.05) is 0 Å². The van der Waals surface area contributed by atoms with Gasteiger partial charge in [0.25, 0.3) is 0 Å². The monoisotopic (exact) mass is 217 g/mol. The van der Waals surface area contributed by atoms with E-state index in [0.29, 0.717) is 5.92 Å². The van der Waals surface area contributed by atoms with Crippen LogP contribution in [-0.4, -0.2) is 23.1 Å². The molecule has 4 heteroatoms. The summed E-state index contributed by atoms with van der Waals surface area (Å²) in [5.41, 5.74) is 1.71. The molecule has 0 unspecified atom stereocenters. The predicted octanol–water partition coefficient (Wildman–Crippen LogP) is 1.76. The maximum Gasteiger partial charge on any atom is 0.195 e. The molecule has 3 rings (SSSR count). The summed E-state index contributed by atoms with van der Waals surface area (Å²) in [5.74, 6) is 1.57. The second-order valence-corrected chi connectivity index (χ2v) is 4.35. The fraction of sp³-hybridized carbons (Fsp3) is 0.500. The van der Waals surface area contributed by atoms with Gasteiger partial charge in [0, 0.05) is 12.6 Å². The van der Waals surface area contributed by atoms with Crippen molar-refractivity contribution in [3.05, 3.63) is 24.4 Å². The lowest BCUT2D eigenvalue weighted by Gasteiger charge is -2.20. The Kier molecular flexibility index (Phi) is 2.58. The summed E-state index contributed by atoms with van der Waals surface area (Å²) < 4.78 is 5.68. The minimum absolute atomic E-state index is 0.710. The maximum atomic E-state index is 5.68. The Hall–Kier alpha value is -1.42.